The molecule has 0 spiro atoms. The number of amides is 1. The Morgan fingerprint density at radius 3 is 2.50 bits per heavy atom. The minimum Gasteiger partial charge on any atom is -0.480 e. The van der Waals surface area contributed by atoms with Gasteiger partial charge in [0, 0.05) is 32.3 Å². The molecule has 1 atom stereocenters. The number of carboxylic acid groups (broad SMARTS) is 1. The zero-order valence-electron chi connectivity index (χ0n) is 11.8. The molecule has 1 amide bonds. The normalized spacial score (nSPS) is 23.7. The smallest absolute Gasteiger partial charge is 0.323 e. The summed E-state index contributed by atoms with van der Waals surface area (Å²) in [5.41, 5.74) is 0. The molecule has 0 aromatic rings. The molecule has 6 heteroatoms. The van der Waals surface area contributed by atoms with Crippen LogP contribution in [0.3, 0.4) is 0 Å². The van der Waals surface area contributed by atoms with E-state index in [0.717, 1.165) is 32.3 Å². The van der Waals surface area contributed by atoms with E-state index in [4.69, 9.17) is 14.6 Å². The maximum Gasteiger partial charge on any atom is 0.323 e. The zero-order chi connectivity index (χ0) is 14.4. The summed E-state index contributed by atoms with van der Waals surface area (Å²) in [7, 11) is 0. The predicted molar refractivity (Wildman–Crippen MR) is 71.4 cm³/mol. The van der Waals surface area contributed by atoms with Gasteiger partial charge in [0.05, 0.1) is 6.10 Å². The molecule has 2 heterocycles. The lowest BCUT2D eigenvalue weighted by molar-refractivity contribution is -0.148. The van der Waals surface area contributed by atoms with Gasteiger partial charge in [0.2, 0.25) is 5.91 Å². The van der Waals surface area contributed by atoms with Crippen molar-refractivity contribution in [1.29, 1.82) is 0 Å². The Morgan fingerprint density at radius 1 is 1.15 bits per heavy atom. The van der Waals surface area contributed by atoms with Gasteiger partial charge in [0.1, 0.15) is 6.54 Å². The average Bonchev–Trinajstić information content (AvgIpc) is 2.96. The molecule has 0 aromatic carbocycles. The van der Waals surface area contributed by atoms with Gasteiger partial charge >= 0.3 is 5.97 Å². The van der Waals surface area contributed by atoms with Crippen molar-refractivity contribution in [2.75, 3.05) is 26.4 Å². The molecule has 2 rings (SSSR count). The van der Waals surface area contributed by atoms with E-state index >= 15 is 0 Å². The van der Waals surface area contributed by atoms with Crippen molar-refractivity contribution in [2.45, 2.75) is 50.7 Å². The van der Waals surface area contributed by atoms with Crippen molar-refractivity contribution in [1.82, 2.24) is 4.90 Å². The second-order valence-electron chi connectivity index (χ2n) is 5.43. The largest absolute Gasteiger partial charge is 0.480 e. The molecular formula is C14H23NO5. The minimum absolute atomic E-state index is 0.00292. The van der Waals surface area contributed by atoms with Crippen LogP contribution in [-0.4, -0.2) is 60.4 Å². The summed E-state index contributed by atoms with van der Waals surface area (Å²) in [5, 5.41) is 8.99. The van der Waals surface area contributed by atoms with Crippen LogP contribution in [0.2, 0.25) is 0 Å². The lowest BCUT2D eigenvalue weighted by Crippen LogP contribution is -2.46. The van der Waals surface area contributed by atoms with Crippen LogP contribution < -0.4 is 0 Å². The van der Waals surface area contributed by atoms with Gasteiger partial charge in [-0.25, -0.2) is 0 Å². The fourth-order valence-corrected chi connectivity index (χ4v) is 2.86. The van der Waals surface area contributed by atoms with Crippen LogP contribution in [0.5, 0.6) is 0 Å². The maximum atomic E-state index is 12.3. The second kappa shape index (κ2) is 7.59. The van der Waals surface area contributed by atoms with Crippen molar-refractivity contribution in [3.8, 4) is 0 Å². The third kappa shape index (κ3) is 4.45. The quantitative estimate of drug-likeness (QED) is 0.789. The highest BCUT2D eigenvalue weighted by Gasteiger charge is 2.28. The molecule has 2 aliphatic heterocycles. The number of carbonyl (C=O) groups excluding carboxylic acids is 1. The molecule has 2 fully saturated rings. The molecule has 0 unspecified atom stereocenters. The lowest BCUT2D eigenvalue weighted by atomic mass is 10.0. The van der Waals surface area contributed by atoms with Crippen molar-refractivity contribution in [3.05, 3.63) is 0 Å². The van der Waals surface area contributed by atoms with Crippen LogP contribution in [-0.2, 0) is 19.1 Å². The number of hydrogen-bond acceptors (Lipinski definition) is 4. The van der Waals surface area contributed by atoms with Crippen LogP contribution in [0, 0.1) is 0 Å². The second-order valence-corrected chi connectivity index (χ2v) is 5.43. The number of nitrogens with zero attached hydrogens (tertiary/aromatic N) is 1. The highest BCUT2D eigenvalue weighted by molar-refractivity contribution is 5.81. The van der Waals surface area contributed by atoms with Gasteiger partial charge < -0.3 is 19.5 Å². The van der Waals surface area contributed by atoms with E-state index in [-0.39, 0.29) is 24.6 Å². The number of rotatable bonds is 6. The summed E-state index contributed by atoms with van der Waals surface area (Å²) in [4.78, 5) is 24.8. The van der Waals surface area contributed by atoms with E-state index in [9.17, 15) is 9.59 Å². The molecule has 6 nitrogen and oxygen atoms in total. The van der Waals surface area contributed by atoms with E-state index < -0.39 is 5.97 Å². The Morgan fingerprint density at radius 2 is 1.90 bits per heavy atom. The van der Waals surface area contributed by atoms with Gasteiger partial charge in [0.15, 0.2) is 0 Å². The van der Waals surface area contributed by atoms with E-state index in [1.807, 2.05) is 0 Å². The molecule has 0 aliphatic carbocycles. The van der Waals surface area contributed by atoms with Crippen molar-refractivity contribution in [2.24, 2.45) is 0 Å². The topological polar surface area (TPSA) is 76.1 Å². The third-order valence-corrected chi connectivity index (χ3v) is 3.96. The van der Waals surface area contributed by atoms with Gasteiger partial charge in [0.25, 0.3) is 0 Å². The molecule has 0 saturated carbocycles. The Kier molecular flexibility index (Phi) is 5.79. The van der Waals surface area contributed by atoms with Gasteiger partial charge in [-0.2, -0.15) is 0 Å². The zero-order valence-corrected chi connectivity index (χ0v) is 11.8. The molecule has 114 valence electrons. The van der Waals surface area contributed by atoms with Gasteiger partial charge in [-0.1, -0.05) is 0 Å². The van der Waals surface area contributed by atoms with E-state index in [2.05, 4.69) is 0 Å². The van der Waals surface area contributed by atoms with Gasteiger partial charge in [-0.15, -0.1) is 0 Å². The fraction of sp³-hybridized carbons (Fsp3) is 0.857. The maximum absolute atomic E-state index is 12.3. The fourth-order valence-electron chi connectivity index (χ4n) is 2.86. The van der Waals surface area contributed by atoms with E-state index in [1.54, 1.807) is 0 Å². The monoisotopic (exact) mass is 285 g/mol. The van der Waals surface area contributed by atoms with Crippen LogP contribution in [0.1, 0.15) is 38.5 Å². The number of ether oxygens (including phenoxy) is 2. The van der Waals surface area contributed by atoms with Gasteiger partial charge in [-0.3, -0.25) is 9.59 Å². The summed E-state index contributed by atoms with van der Waals surface area (Å²) < 4.78 is 10.8. The first-order valence-electron chi connectivity index (χ1n) is 7.37. The van der Waals surface area contributed by atoms with Crippen LogP contribution in [0.15, 0.2) is 0 Å². The predicted octanol–water partition coefficient (Wildman–Crippen LogP) is 1.04. The SMILES string of the molecule is O=C(O)CN(C(=O)CC[C@H]1CCCO1)C1CCOCC1. The summed E-state index contributed by atoms with van der Waals surface area (Å²) in [5.74, 6) is -1.03. The highest BCUT2D eigenvalue weighted by Crippen LogP contribution is 2.20. The van der Waals surface area contributed by atoms with Gasteiger partial charge in [-0.05, 0) is 32.1 Å². The molecule has 0 bridgehead atoms. The molecular weight excluding hydrogens is 262 g/mol. The standard InChI is InChI=1S/C14H23NO5/c16-13(4-3-12-2-1-7-20-12)15(10-14(17)18)11-5-8-19-9-6-11/h11-12H,1-10H2,(H,17,18)/t12-/m1/s1. The lowest BCUT2D eigenvalue weighted by Gasteiger charge is -2.33. The summed E-state index contributed by atoms with van der Waals surface area (Å²) in [6.07, 6.45) is 4.73. The summed E-state index contributed by atoms with van der Waals surface area (Å²) in [6, 6.07) is -0.00292. The number of carbonyl (C=O) groups is 2. The highest BCUT2D eigenvalue weighted by atomic mass is 16.5. The summed E-state index contributed by atoms with van der Waals surface area (Å²) in [6.45, 7) is 1.76. The molecule has 20 heavy (non-hydrogen) atoms. The first-order valence-corrected chi connectivity index (χ1v) is 7.37. The van der Waals surface area contributed by atoms with Crippen molar-refractivity contribution in [3.63, 3.8) is 0 Å². The van der Waals surface area contributed by atoms with Crippen LogP contribution >= 0.6 is 0 Å². The Hall–Kier alpha value is -1.14. The van der Waals surface area contributed by atoms with Crippen LogP contribution in [0.4, 0.5) is 0 Å². The number of carboxylic acids is 1. The molecule has 0 radical (unpaired) electrons. The third-order valence-electron chi connectivity index (χ3n) is 3.96. The molecule has 2 aliphatic rings. The van der Waals surface area contributed by atoms with Crippen LogP contribution in [0.25, 0.3) is 0 Å². The van der Waals surface area contributed by atoms with Crippen molar-refractivity contribution >= 4 is 11.9 Å². The van der Waals surface area contributed by atoms with E-state index in [0.29, 0.717) is 26.1 Å². The Bertz CT molecular complexity index is 334. The molecule has 0 aromatic heterocycles. The Balaban J connectivity index is 1.86. The first-order chi connectivity index (χ1) is 9.66. The van der Waals surface area contributed by atoms with Crippen molar-refractivity contribution < 1.29 is 24.2 Å². The first kappa shape index (κ1) is 15.3. The number of hydrogen-bond donors (Lipinski definition) is 1. The minimum atomic E-state index is -0.957. The average molecular weight is 285 g/mol. The summed E-state index contributed by atoms with van der Waals surface area (Å²) >= 11 is 0. The molecule has 1 N–H and O–H groups in total. The number of aliphatic carboxylic acids is 1. The molecule has 2 saturated heterocycles. The van der Waals surface area contributed by atoms with E-state index in [1.165, 1.54) is 4.90 Å². The Labute approximate surface area is 119 Å².